The van der Waals surface area contributed by atoms with E-state index in [0.29, 0.717) is 0 Å². The summed E-state index contributed by atoms with van der Waals surface area (Å²) in [5.74, 6) is 0.801. The molecule has 0 N–H and O–H groups in total. The van der Waals surface area contributed by atoms with Gasteiger partial charge >= 0.3 is 0 Å². The summed E-state index contributed by atoms with van der Waals surface area (Å²) in [6, 6.07) is 0. The van der Waals surface area contributed by atoms with Gasteiger partial charge < -0.3 is 4.43 Å². The third-order valence-corrected chi connectivity index (χ3v) is 5.09. The van der Waals surface area contributed by atoms with E-state index in [0.717, 1.165) is 5.92 Å². The van der Waals surface area contributed by atoms with Gasteiger partial charge in [0.2, 0.25) is 8.32 Å². The Morgan fingerprint density at radius 1 is 1.62 bits per heavy atom. The van der Waals surface area contributed by atoms with E-state index in [1.165, 1.54) is 19.3 Å². The Hall–Kier alpha value is -0.343. The molecule has 1 nitrogen and oxygen atoms in total. The lowest BCUT2D eigenvalue weighted by Gasteiger charge is -2.32. The molecule has 1 fully saturated rings. The Morgan fingerprint density at radius 2 is 2.38 bits per heavy atom. The van der Waals surface area contributed by atoms with Gasteiger partial charge in [-0.2, -0.15) is 0 Å². The normalized spacial score (nSPS) is 36.9. The molecule has 72 valence electrons. The highest BCUT2D eigenvalue weighted by Crippen LogP contribution is 2.46. The lowest BCUT2D eigenvalue weighted by Crippen LogP contribution is -2.39. The molecule has 2 aliphatic carbocycles. The third kappa shape index (κ3) is 1.65. The van der Waals surface area contributed by atoms with E-state index in [2.05, 4.69) is 31.8 Å². The highest BCUT2D eigenvalue weighted by atomic mass is 28.4. The smallest absolute Gasteiger partial charge is 0.211 e. The standard InChI is InChI=1S/C11H18OSi/c1-4-13(2,3)12-11-7-5-10(9-11)6-8-11/h4-5,7,10H,1,6,8-9H2,2-3H3. The van der Waals surface area contributed by atoms with E-state index in [9.17, 15) is 0 Å². The fourth-order valence-electron chi connectivity index (χ4n) is 2.40. The Bertz CT molecular complexity index is 257. The Balaban J connectivity index is 2.10. The van der Waals surface area contributed by atoms with Crippen LogP contribution in [0.4, 0.5) is 0 Å². The van der Waals surface area contributed by atoms with Crippen LogP contribution in [0, 0.1) is 5.92 Å². The summed E-state index contributed by atoms with van der Waals surface area (Å²) in [4.78, 5) is 0. The largest absolute Gasteiger partial charge is 0.405 e. The Labute approximate surface area is 81.6 Å². The minimum Gasteiger partial charge on any atom is -0.405 e. The second kappa shape index (κ2) is 2.82. The second-order valence-corrected chi connectivity index (χ2v) is 8.66. The molecule has 0 amide bonds. The summed E-state index contributed by atoms with van der Waals surface area (Å²) < 4.78 is 6.26. The summed E-state index contributed by atoms with van der Waals surface area (Å²) in [6.45, 7) is 8.30. The highest BCUT2D eigenvalue weighted by molar-refractivity contribution is 6.76. The summed E-state index contributed by atoms with van der Waals surface area (Å²) >= 11 is 0. The van der Waals surface area contributed by atoms with Gasteiger partial charge in [-0.05, 0) is 38.3 Å². The molecule has 2 unspecified atom stereocenters. The van der Waals surface area contributed by atoms with Crippen LogP contribution in [-0.2, 0) is 4.43 Å². The van der Waals surface area contributed by atoms with Crippen LogP contribution in [-0.4, -0.2) is 13.9 Å². The minimum atomic E-state index is -1.60. The fraction of sp³-hybridized carbons (Fsp3) is 0.636. The first-order valence-electron chi connectivity index (χ1n) is 5.08. The zero-order valence-electron chi connectivity index (χ0n) is 8.55. The van der Waals surface area contributed by atoms with E-state index >= 15 is 0 Å². The summed E-state index contributed by atoms with van der Waals surface area (Å²) in [6.07, 6.45) is 8.38. The first-order chi connectivity index (χ1) is 6.05. The average Bonchev–Trinajstić information content (AvgIpc) is 2.62. The molecule has 0 aromatic rings. The van der Waals surface area contributed by atoms with Gasteiger partial charge in [-0.15, -0.1) is 6.58 Å². The summed E-state index contributed by atoms with van der Waals surface area (Å²) in [5, 5.41) is 0. The van der Waals surface area contributed by atoms with Crippen LogP contribution in [0.2, 0.25) is 13.1 Å². The Morgan fingerprint density at radius 3 is 2.77 bits per heavy atom. The maximum Gasteiger partial charge on any atom is 0.211 e. The lowest BCUT2D eigenvalue weighted by molar-refractivity contribution is 0.125. The summed E-state index contributed by atoms with van der Waals surface area (Å²) in [7, 11) is -1.60. The average molecular weight is 194 g/mol. The molecule has 2 aliphatic rings. The quantitative estimate of drug-likeness (QED) is 0.495. The van der Waals surface area contributed by atoms with Gasteiger partial charge in [0.25, 0.3) is 0 Å². The molecule has 1 saturated carbocycles. The van der Waals surface area contributed by atoms with Gasteiger partial charge in [0.1, 0.15) is 0 Å². The number of allylic oxidation sites excluding steroid dienone is 1. The third-order valence-electron chi connectivity index (χ3n) is 3.18. The van der Waals surface area contributed by atoms with Gasteiger partial charge in [0.05, 0.1) is 5.60 Å². The molecule has 13 heavy (non-hydrogen) atoms. The van der Waals surface area contributed by atoms with E-state index in [-0.39, 0.29) is 5.60 Å². The number of rotatable bonds is 3. The monoisotopic (exact) mass is 194 g/mol. The van der Waals surface area contributed by atoms with Crippen LogP contribution < -0.4 is 0 Å². The molecule has 2 heteroatoms. The molecule has 0 saturated heterocycles. The van der Waals surface area contributed by atoms with Crippen molar-refractivity contribution in [3.05, 3.63) is 24.4 Å². The van der Waals surface area contributed by atoms with E-state index < -0.39 is 8.32 Å². The molecule has 2 rings (SSSR count). The van der Waals surface area contributed by atoms with Crippen molar-refractivity contribution < 1.29 is 4.43 Å². The van der Waals surface area contributed by atoms with Crippen LogP contribution in [0.5, 0.6) is 0 Å². The summed E-state index contributed by atoms with van der Waals surface area (Å²) in [5.41, 5.74) is 2.13. The van der Waals surface area contributed by atoms with Gasteiger partial charge in [0, 0.05) is 0 Å². The number of fused-ring (bicyclic) bond motifs is 2. The molecule has 0 aromatic carbocycles. The lowest BCUT2D eigenvalue weighted by atomic mass is 10.0. The molecule has 0 heterocycles. The number of hydrogen-bond donors (Lipinski definition) is 0. The first kappa shape index (κ1) is 9.22. The van der Waals surface area contributed by atoms with Crippen molar-refractivity contribution in [2.45, 2.75) is 38.0 Å². The van der Waals surface area contributed by atoms with Crippen molar-refractivity contribution >= 4 is 8.32 Å². The first-order valence-corrected chi connectivity index (χ1v) is 8.07. The zero-order valence-corrected chi connectivity index (χ0v) is 9.55. The van der Waals surface area contributed by atoms with Gasteiger partial charge in [-0.3, -0.25) is 0 Å². The van der Waals surface area contributed by atoms with Crippen LogP contribution >= 0.6 is 0 Å². The van der Waals surface area contributed by atoms with Crippen LogP contribution in [0.15, 0.2) is 24.4 Å². The molecule has 0 aliphatic heterocycles. The maximum atomic E-state index is 6.26. The van der Waals surface area contributed by atoms with Crippen molar-refractivity contribution in [3.8, 4) is 0 Å². The van der Waals surface area contributed by atoms with Gasteiger partial charge in [-0.25, -0.2) is 0 Å². The van der Waals surface area contributed by atoms with E-state index in [1.54, 1.807) is 0 Å². The predicted octanol–water partition coefficient (Wildman–Crippen LogP) is 3.04. The molecular weight excluding hydrogens is 176 g/mol. The minimum absolute atomic E-state index is 0.106. The SMILES string of the molecule is C=C[Si](C)(C)OC12C=CC(CC1)C2. The molecule has 0 aromatic heterocycles. The van der Waals surface area contributed by atoms with Crippen LogP contribution in [0.25, 0.3) is 0 Å². The Kier molecular flexibility index (Phi) is 2.00. The molecule has 0 radical (unpaired) electrons. The van der Waals surface area contributed by atoms with Gasteiger partial charge in [0.15, 0.2) is 0 Å². The molecule has 0 spiro atoms. The van der Waals surface area contributed by atoms with Crippen molar-refractivity contribution in [3.63, 3.8) is 0 Å². The van der Waals surface area contributed by atoms with Crippen molar-refractivity contribution in [1.82, 2.24) is 0 Å². The van der Waals surface area contributed by atoms with Crippen molar-refractivity contribution in [2.24, 2.45) is 5.92 Å². The molecular formula is C11H18OSi. The van der Waals surface area contributed by atoms with Crippen molar-refractivity contribution in [2.75, 3.05) is 0 Å². The van der Waals surface area contributed by atoms with E-state index in [1.807, 2.05) is 5.70 Å². The highest BCUT2D eigenvalue weighted by Gasteiger charge is 2.44. The maximum absolute atomic E-state index is 6.26. The van der Waals surface area contributed by atoms with Crippen LogP contribution in [0.1, 0.15) is 19.3 Å². The fourth-order valence-corrected chi connectivity index (χ4v) is 3.78. The number of hydrogen-bond acceptors (Lipinski definition) is 1. The van der Waals surface area contributed by atoms with Crippen LogP contribution in [0.3, 0.4) is 0 Å². The molecule has 2 atom stereocenters. The van der Waals surface area contributed by atoms with Gasteiger partial charge in [-0.1, -0.05) is 17.9 Å². The predicted molar refractivity (Wildman–Crippen MR) is 58.0 cm³/mol. The topological polar surface area (TPSA) is 9.23 Å². The van der Waals surface area contributed by atoms with Crippen molar-refractivity contribution in [1.29, 1.82) is 0 Å². The van der Waals surface area contributed by atoms with E-state index in [4.69, 9.17) is 4.43 Å². The molecule has 2 bridgehead atoms. The zero-order chi connectivity index (χ0) is 9.53. The second-order valence-electron chi connectivity index (χ2n) is 4.84.